The van der Waals surface area contributed by atoms with Gasteiger partial charge in [0.1, 0.15) is 4.90 Å². The molecule has 8 heteroatoms. The lowest BCUT2D eigenvalue weighted by Gasteiger charge is -2.34. The maximum atomic E-state index is 12.6. The number of halogens is 1. The quantitative estimate of drug-likeness (QED) is 0.838. The van der Waals surface area contributed by atoms with Crippen LogP contribution in [0.25, 0.3) is 0 Å². The molecule has 0 atom stereocenters. The Labute approximate surface area is 130 Å². The van der Waals surface area contributed by atoms with Gasteiger partial charge in [0.05, 0.1) is 5.69 Å². The van der Waals surface area contributed by atoms with Crippen LogP contribution in [0.2, 0.25) is 0 Å². The van der Waals surface area contributed by atoms with Crippen LogP contribution in [0.4, 0.5) is 0 Å². The number of nitrogens with one attached hydrogen (secondary N) is 1. The molecule has 0 aliphatic heterocycles. The molecular formula is C13H22ClN3O3S. The molecule has 0 saturated carbocycles. The second-order valence-corrected chi connectivity index (χ2v) is 8.44. The van der Waals surface area contributed by atoms with Crippen LogP contribution in [0.3, 0.4) is 0 Å². The second-order valence-electron chi connectivity index (χ2n) is 5.94. The van der Waals surface area contributed by atoms with Crippen LogP contribution in [0.1, 0.15) is 63.1 Å². The SMILES string of the molecule is CCC(C)(C)N(C)C(=O)c1n[nH]c(C(C)C)c1S(=O)(=O)Cl. The zero-order valence-corrected chi connectivity index (χ0v) is 14.8. The summed E-state index contributed by atoms with van der Waals surface area (Å²) < 4.78 is 23.6. The van der Waals surface area contributed by atoms with E-state index in [1.54, 1.807) is 20.9 Å². The Morgan fingerprint density at radius 1 is 1.43 bits per heavy atom. The highest BCUT2D eigenvalue weighted by atomic mass is 35.7. The largest absolute Gasteiger partial charge is 0.335 e. The van der Waals surface area contributed by atoms with Gasteiger partial charge in [0.15, 0.2) is 5.69 Å². The van der Waals surface area contributed by atoms with E-state index in [2.05, 4.69) is 10.2 Å². The number of aromatic nitrogens is 2. The summed E-state index contributed by atoms with van der Waals surface area (Å²) in [5, 5.41) is 6.52. The molecule has 0 fully saturated rings. The first-order valence-corrected chi connectivity index (χ1v) is 9.05. The van der Waals surface area contributed by atoms with Crippen molar-refractivity contribution < 1.29 is 13.2 Å². The summed E-state index contributed by atoms with van der Waals surface area (Å²) in [4.78, 5) is 13.8. The molecular weight excluding hydrogens is 314 g/mol. The lowest BCUT2D eigenvalue weighted by molar-refractivity contribution is 0.0610. The van der Waals surface area contributed by atoms with E-state index in [0.29, 0.717) is 5.69 Å². The van der Waals surface area contributed by atoms with Gasteiger partial charge >= 0.3 is 0 Å². The Morgan fingerprint density at radius 3 is 2.33 bits per heavy atom. The van der Waals surface area contributed by atoms with Crippen LogP contribution in [0.15, 0.2) is 4.90 Å². The van der Waals surface area contributed by atoms with Crippen molar-refractivity contribution >= 4 is 25.6 Å². The van der Waals surface area contributed by atoms with E-state index < -0.39 is 20.5 Å². The Bertz CT molecular complexity index is 635. The molecule has 21 heavy (non-hydrogen) atoms. The number of hydrogen-bond acceptors (Lipinski definition) is 4. The predicted molar refractivity (Wildman–Crippen MR) is 82.2 cm³/mol. The highest BCUT2D eigenvalue weighted by molar-refractivity contribution is 8.13. The van der Waals surface area contributed by atoms with Crippen molar-refractivity contribution in [2.45, 2.75) is 57.4 Å². The highest BCUT2D eigenvalue weighted by Gasteiger charge is 2.34. The van der Waals surface area contributed by atoms with Crippen LogP contribution >= 0.6 is 10.7 Å². The van der Waals surface area contributed by atoms with E-state index in [9.17, 15) is 13.2 Å². The number of carbonyl (C=O) groups is 1. The molecule has 1 aromatic heterocycles. The summed E-state index contributed by atoms with van der Waals surface area (Å²) in [7, 11) is 3.05. The van der Waals surface area contributed by atoms with Crippen molar-refractivity contribution in [2.24, 2.45) is 0 Å². The average Bonchev–Trinajstić information content (AvgIpc) is 2.81. The third-order valence-electron chi connectivity index (χ3n) is 3.85. The highest BCUT2D eigenvalue weighted by Crippen LogP contribution is 2.29. The molecule has 1 heterocycles. The fraction of sp³-hybridized carbons (Fsp3) is 0.692. The van der Waals surface area contributed by atoms with E-state index >= 15 is 0 Å². The minimum atomic E-state index is -4.07. The summed E-state index contributed by atoms with van der Waals surface area (Å²) in [6.07, 6.45) is 0.722. The summed E-state index contributed by atoms with van der Waals surface area (Å²) in [6.45, 7) is 9.35. The van der Waals surface area contributed by atoms with E-state index in [-0.39, 0.29) is 16.5 Å². The lowest BCUT2D eigenvalue weighted by Crippen LogP contribution is -2.44. The van der Waals surface area contributed by atoms with Crippen LogP contribution in [-0.2, 0) is 9.05 Å². The minimum absolute atomic E-state index is 0.146. The molecule has 1 amide bonds. The zero-order valence-electron chi connectivity index (χ0n) is 13.2. The van der Waals surface area contributed by atoms with E-state index in [0.717, 1.165) is 6.42 Å². The molecule has 0 unspecified atom stereocenters. The van der Waals surface area contributed by atoms with Crippen LogP contribution in [0.5, 0.6) is 0 Å². The smallest absolute Gasteiger partial charge is 0.275 e. The molecule has 0 aliphatic rings. The third-order valence-corrected chi connectivity index (χ3v) is 5.21. The standard InChI is InChI=1S/C13H22ClN3O3S/c1-7-13(4,5)17(6)12(18)10-11(21(14,19)20)9(8(2)3)15-16-10/h8H,7H2,1-6H3,(H,15,16). The number of nitrogens with zero attached hydrogens (tertiary/aromatic N) is 2. The maximum absolute atomic E-state index is 12.6. The molecule has 0 saturated heterocycles. The molecule has 0 bridgehead atoms. The molecule has 0 spiro atoms. The minimum Gasteiger partial charge on any atom is -0.335 e. The predicted octanol–water partition coefficient (Wildman–Crippen LogP) is 2.72. The zero-order chi connectivity index (χ0) is 16.6. The Hall–Kier alpha value is -1.08. The number of aromatic amines is 1. The Balaban J connectivity index is 3.42. The van der Waals surface area contributed by atoms with Crippen molar-refractivity contribution in [3.8, 4) is 0 Å². The average molecular weight is 336 g/mol. The number of H-pyrrole nitrogens is 1. The number of carbonyl (C=O) groups excluding carboxylic acids is 1. The number of amides is 1. The molecule has 0 aliphatic carbocycles. The van der Waals surface area contributed by atoms with Crippen LogP contribution in [-0.4, -0.2) is 42.0 Å². The van der Waals surface area contributed by atoms with Gasteiger partial charge in [0.2, 0.25) is 0 Å². The molecule has 120 valence electrons. The molecule has 6 nitrogen and oxygen atoms in total. The van der Waals surface area contributed by atoms with E-state index in [4.69, 9.17) is 10.7 Å². The van der Waals surface area contributed by atoms with Gasteiger partial charge in [0, 0.05) is 23.3 Å². The summed E-state index contributed by atoms with van der Waals surface area (Å²) in [5.41, 5.74) is -0.227. The van der Waals surface area contributed by atoms with Gasteiger partial charge in [-0.05, 0) is 26.2 Å². The van der Waals surface area contributed by atoms with Crippen molar-refractivity contribution in [2.75, 3.05) is 7.05 Å². The first-order valence-electron chi connectivity index (χ1n) is 6.74. The second kappa shape index (κ2) is 5.96. The van der Waals surface area contributed by atoms with Crippen molar-refractivity contribution in [1.82, 2.24) is 15.1 Å². The topological polar surface area (TPSA) is 83.1 Å². The van der Waals surface area contributed by atoms with Gasteiger partial charge < -0.3 is 4.90 Å². The van der Waals surface area contributed by atoms with Crippen LogP contribution in [0, 0.1) is 0 Å². The van der Waals surface area contributed by atoms with E-state index in [1.807, 2.05) is 20.8 Å². The van der Waals surface area contributed by atoms with Gasteiger partial charge in [-0.1, -0.05) is 20.8 Å². The van der Waals surface area contributed by atoms with Gasteiger partial charge in [-0.15, -0.1) is 0 Å². The summed E-state index contributed by atoms with van der Waals surface area (Å²) in [5.74, 6) is -0.615. The summed E-state index contributed by atoms with van der Waals surface area (Å²) in [6, 6.07) is 0. The summed E-state index contributed by atoms with van der Waals surface area (Å²) >= 11 is 0. The van der Waals surface area contributed by atoms with Crippen molar-refractivity contribution in [3.05, 3.63) is 11.4 Å². The fourth-order valence-corrected chi connectivity index (χ4v) is 3.18. The van der Waals surface area contributed by atoms with E-state index in [1.165, 1.54) is 4.90 Å². The number of rotatable bonds is 5. The Kier molecular flexibility index (Phi) is 5.10. The lowest BCUT2D eigenvalue weighted by atomic mass is 9.99. The van der Waals surface area contributed by atoms with Gasteiger partial charge in [-0.3, -0.25) is 9.89 Å². The third kappa shape index (κ3) is 3.58. The maximum Gasteiger partial charge on any atom is 0.275 e. The Morgan fingerprint density at radius 2 is 1.95 bits per heavy atom. The van der Waals surface area contributed by atoms with Gasteiger partial charge in [-0.2, -0.15) is 5.10 Å². The molecule has 0 aromatic carbocycles. The van der Waals surface area contributed by atoms with Gasteiger partial charge in [0.25, 0.3) is 15.0 Å². The monoisotopic (exact) mass is 335 g/mol. The van der Waals surface area contributed by atoms with Crippen molar-refractivity contribution in [3.63, 3.8) is 0 Å². The molecule has 1 aromatic rings. The first kappa shape index (κ1) is 18.0. The van der Waals surface area contributed by atoms with Crippen molar-refractivity contribution in [1.29, 1.82) is 0 Å². The fourth-order valence-electron chi connectivity index (χ4n) is 1.80. The molecule has 0 radical (unpaired) electrons. The number of hydrogen-bond donors (Lipinski definition) is 1. The van der Waals surface area contributed by atoms with Gasteiger partial charge in [-0.25, -0.2) is 8.42 Å². The van der Waals surface area contributed by atoms with Crippen LogP contribution < -0.4 is 0 Å². The molecule has 1 rings (SSSR count). The normalized spacial score (nSPS) is 12.8. The first-order chi connectivity index (χ1) is 9.43. The molecule has 1 N–H and O–H groups in total.